The summed E-state index contributed by atoms with van der Waals surface area (Å²) in [6, 6.07) is 14.6. The number of aryl methyl sites for hydroxylation is 1. The number of anilines is 2. The van der Waals surface area contributed by atoms with Gasteiger partial charge in [0.15, 0.2) is 0 Å². The van der Waals surface area contributed by atoms with Crippen molar-refractivity contribution in [2.45, 2.75) is 13.3 Å². The van der Waals surface area contributed by atoms with Crippen LogP contribution < -0.4 is 10.2 Å². The Balaban J connectivity index is 1.74. The molecule has 0 aromatic heterocycles. The van der Waals surface area contributed by atoms with Crippen LogP contribution in [0.3, 0.4) is 0 Å². The van der Waals surface area contributed by atoms with E-state index >= 15 is 0 Å². The number of hydrogen-bond acceptors (Lipinski definition) is 3. The molecule has 0 saturated carbocycles. The Bertz CT molecular complexity index is 888. The highest BCUT2D eigenvalue weighted by Crippen LogP contribution is 2.29. The van der Waals surface area contributed by atoms with Crippen molar-refractivity contribution in [3.8, 4) is 6.07 Å². The number of halogens is 1. The van der Waals surface area contributed by atoms with Crippen LogP contribution in [0.25, 0.3) is 0 Å². The average molecular weight is 398 g/mol. The van der Waals surface area contributed by atoms with E-state index in [1.807, 2.05) is 25.1 Å². The van der Waals surface area contributed by atoms with Gasteiger partial charge >= 0.3 is 0 Å². The molecule has 3 rings (SSSR count). The molecule has 1 aliphatic rings. The zero-order valence-corrected chi connectivity index (χ0v) is 15.2. The van der Waals surface area contributed by atoms with Crippen molar-refractivity contribution >= 4 is 39.1 Å². The summed E-state index contributed by atoms with van der Waals surface area (Å²) in [5.41, 5.74) is 2.71. The molecule has 25 heavy (non-hydrogen) atoms. The van der Waals surface area contributed by atoms with Crippen LogP contribution in [0.2, 0.25) is 0 Å². The van der Waals surface area contributed by atoms with E-state index in [0.717, 1.165) is 10.0 Å². The van der Waals surface area contributed by atoms with Gasteiger partial charge in [-0.3, -0.25) is 9.59 Å². The number of rotatable bonds is 3. The van der Waals surface area contributed by atoms with Crippen molar-refractivity contribution < 1.29 is 9.59 Å². The van der Waals surface area contributed by atoms with Crippen LogP contribution >= 0.6 is 15.9 Å². The van der Waals surface area contributed by atoms with Crippen LogP contribution in [0.4, 0.5) is 11.4 Å². The minimum Gasteiger partial charge on any atom is -0.326 e. The first-order chi connectivity index (χ1) is 12.0. The second-order valence-corrected chi connectivity index (χ2v) is 6.84. The predicted octanol–water partition coefficient (Wildman–Crippen LogP) is 3.62. The van der Waals surface area contributed by atoms with Crippen molar-refractivity contribution in [1.82, 2.24) is 0 Å². The summed E-state index contributed by atoms with van der Waals surface area (Å²) in [7, 11) is 0. The minimum absolute atomic E-state index is 0.140. The first-order valence-corrected chi connectivity index (χ1v) is 8.65. The van der Waals surface area contributed by atoms with Crippen molar-refractivity contribution in [1.29, 1.82) is 5.26 Å². The molecule has 0 spiro atoms. The summed E-state index contributed by atoms with van der Waals surface area (Å²) in [4.78, 5) is 26.4. The lowest BCUT2D eigenvalue weighted by Crippen LogP contribution is -2.28. The Morgan fingerprint density at radius 2 is 2.08 bits per heavy atom. The van der Waals surface area contributed by atoms with E-state index in [0.29, 0.717) is 16.9 Å². The van der Waals surface area contributed by atoms with Crippen LogP contribution in [0.5, 0.6) is 0 Å². The number of carbonyl (C=O) groups excluding carboxylic acids is 2. The largest absolute Gasteiger partial charge is 0.326 e. The van der Waals surface area contributed by atoms with Crippen LogP contribution in [0.15, 0.2) is 46.9 Å². The molecular formula is C19H16BrN3O2. The highest BCUT2D eigenvalue weighted by Gasteiger charge is 2.36. The van der Waals surface area contributed by atoms with Gasteiger partial charge in [0.2, 0.25) is 11.8 Å². The molecule has 0 aliphatic carbocycles. The molecule has 0 bridgehead atoms. The number of nitrogens with one attached hydrogen (secondary N) is 1. The number of carbonyl (C=O) groups is 2. The van der Waals surface area contributed by atoms with Crippen molar-refractivity contribution in [3.63, 3.8) is 0 Å². The highest BCUT2D eigenvalue weighted by molar-refractivity contribution is 9.10. The Labute approximate surface area is 154 Å². The molecule has 1 heterocycles. The van der Waals surface area contributed by atoms with E-state index in [2.05, 4.69) is 27.3 Å². The van der Waals surface area contributed by atoms with Gasteiger partial charge in [0.1, 0.15) is 6.07 Å². The third-order valence-electron chi connectivity index (χ3n) is 4.24. The van der Waals surface area contributed by atoms with Crippen molar-refractivity contribution in [2.24, 2.45) is 5.92 Å². The molecule has 1 aliphatic heterocycles. The summed E-state index contributed by atoms with van der Waals surface area (Å²) < 4.78 is 0.973. The van der Waals surface area contributed by atoms with Gasteiger partial charge in [-0.05, 0) is 42.8 Å². The second kappa shape index (κ2) is 7.08. The number of para-hydroxylation sites is 1. The van der Waals surface area contributed by atoms with E-state index in [1.165, 1.54) is 4.90 Å². The van der Waals surface area contributed by atoms with Crippen molar-refractivity contribution in [2.75, 3.05) is 16.8 Å². The topological polar surface area (TPSA) is 73.2 Å². The van der Waals surface area contributed by atoms with Gasteiger partial charge in [0.25, 0.3) is 0 Å². The van der Waals surface area contributed by atoms with E-state index in [9.17, 15) is 14.9 Å². The van der Waals surface area contributed by atoms with Crippen LogP contribution in [0.1, 0.15) is 17.5 Å². The summed E-state index contributed by atoms with van der Waals surface area (Å²) in [5, 5.41) is 12.1. The van der Waals surface area contributed by atoms with E-state index in [4.69, 9.17) is 0 Å². The monoisotopic (exact) mass is 397 g/mol. The van der Waals surface area contributed by atoms with Gasteiger partial charge in [0, 0.05) is 23.1 Å². The molecule has 2 aromatic rings. The zero-order valence-electron chi connectivity index (χ0n) is 13.6. The number of benzene rings is 2. The van der Waals surface area contributed by atoms with E-state index < -0.39 is 5.92 Å². The predicted molar refractivity (Wildman–Crippen MR) is 99.1 cm³/mol. The summed E-state index contributed by atoms with van der Waals surface area (Å²) >= 11 is 3.43. The molecule has 1 atom stereocenters. The summed E-state index contributed by atoms with van der Waals surface area (Å²) in [6.07, 6.45) is 0.140. The van der Waals surface area contributed by atoms with Gasteiger partial charge in [-0.2, -0.15) is 5.26 Å². The quantitative estimate of drug-likeness (QED) is 0.859. The molecule has 1 fully saturated rings. The lowest BCUT2D eigenvalue weighted by atomic mass is 10.1. The Kier molecular flexibility index (Phi) is 4.86. The van der Waals surface area contributed by atoms with Gasteiger partial charge in [0.05, 0.1) is 17.2 Å². The molecule has 1 saturated heterocycles. The SMILES string of the molecule is Cc1cc(NC(=O)C2CC(=O)N(c3ccccc3C#N)C2)ccc1Br. The number of nitriles is 1. The number of amides is 2. The lowest BCUT2D eigenvalue weighted by molar-refractivity contribution is -0.122. The molecule has 6 heteroatoms. The molecule has 0 radical (unpaired) electrons. The third kappa shape index (κ3) is 3.57. The van der Waals surface area contributed by atoms with Gasteiger partial charge in [-0.1, -0.05) is 28.1 Å². The first kappa shape index (κ1) is 17.2. The normalized spacial score (nSPS) is 16.6. The molecule has 2 amide bonds. The van der Waals surface area contributed by atoms with E-state index in [-0.39, 0.29) is 24.8 Å². The lowest BCUT2D eigenvalue weighted by Gasteiger charge is -2.18. The average Bonchev–Trinajstić information content (AvgIpc) is 3.00. The minimum atomic E-state index is -0.441. The molecule has 1 unspecified atom stereocenters. The van der Waals surface area contributed by atoms with Crippen LogP contribution in [-0.2, 0) is 9.59 Å². The third-order valence-corrected chi connectivity index (χ3v) is 5.13. The Hall–Kier alpha value is -2.65. The number of hydrogen-bond donors (Lipinski definition) is 1. The van der Waals surface area contributed by atoms with Crippen LogP contribution in [0, 0.1) is 24.2 Å². The van der Waals surface area contributed by atoms with E-state index in [1.54, 1.807) is 24.3 Å². The smallest absolute Gasteiger partial charge is 0.229 e. The molecule has 1 N–H and O–H groups in total. The fourth-order valence-corrected chi connectivity index (χ4v) is 3.13. The standard InChI is InChI=1S/C19H16BrN3O2/c1-12-8-15(6-7-16(12)20)22-19(25)14-9-18(24)23(11-14)17-5-3-2-4-13(17)10-21/h2-8,14H,9,11H2,1H3,(H,22,25). The second-order valence-electron chi connectivity index (χ2n) is 5.99. The molecule has 126 valence electrons. The highest BCUT2D eigenvalue weighted by atomic mass is 79.9. The molecular weight excluding hydrogens is 382 g/mol. The van der Waals surface area contributed by atoms with Gasteiger partial charge in [-0.15, -0.1) is 0 Å². The van der Waals surface area contributed by atoms with Gasteiger partial charge in [-0.25, -0.2) is 0 Å². The maximum absolute atomic E-state index is 12.5. The zero-order chi connectivity index (χ0) is 18.0. The molecule has 2 aromatic carbocycles. The number of nitrogens with zero attached hydrogens (tertiary/aromatic N) is 2. The summed E-state index contributed by atoms with van der Waals surface area (Å²) in [6.45, 7) is 2.22. The van der Waals surface area contributed by atoms with Crippen LogP contribution in [-0.4, -0.2) is 18.4 Å². The molecule has 5 nitrogen and oxygen atoms in total. The maximum atomic E-state index is 12.5. The fourth-order valence-electron chi connectivity index (χ4n) is 2.89. The fraction of sp³-hybridized carbons (Fsp3) is 0.211. The Morgan fingerprint density at radius 3 is 2.80 bits per heavy atom. The first-order valence-electron chi connectivity index (χ1n) is 7.86. The Morgan fingerprint density at radius 1 is 1.32 bits per heavy atom. The maximum Gasteiger partial charge on any atom is 0.229 e. The van der Waals surface area contributed by atoms with Gasteiger partial charge < -0.3 is 10.2 Å². The van der Waals surface area contributed by atoms with Crippen molar-refractivity contribution in [3.05, 3.63) is 58.1 Å². The summed E-state index contributed by atoms with van der Waals surface area (Å²) in [5.74, 6) is -0.773.